The molecule has 0 spiro atoms. The van der Waals surface area contributed by atoms with E-state index in [1.165, 1.54) is 22.8 Å². The first-order valence-corrected chi connectivity index (χ1v) is 10.6. The average molecular weight is 457 g/mol. The summed E-state index contributed by atoms with van der Waals surface area (Å²) in [6.45, 7) is 3.39. The normalized spacial score (nSPS) is 17.9. The number of fused-ring (bicyclic) bond motifs is 2. The molecule has 2 aromatic carbocycles. The van der Waals surface area contributed by atoms with Crippen LogP contribution in [0.3, 0.4) is 0 Å². The number of carbonyl (C=O) groups is 2. The minimum Gasteiger partial charge on any atom is -0.482 e. The number of nitro benzene ring substituents is 1. The number of rotatable bonds is 5. The average Bonchev–Trinajstić information content (AvgIpc) is 3.09. The summed E-state index contributed by atoms with van der Waals surface area (Å²) in [7, 11) is 0. The zero-order chi connectivity index (χ0) is 22.8. The standard InChI is InChI=1S/C21H19N3O7S/c1-3-29-18(25)11-23-14-9-8-13(24(27)28)10-17(14)32-21(23)22-20(26)19-12(2)30-15-6-4-5-7-16(15)31-19/h4-10,12,19H,3,11H2,1-2H3. The minimum absolute atomic E-state index is 0.103. The Morgan fingerprint density at radius 3 is 2.62 bits per heavy atom. The van der Waals surface area contributed by atoms with Gasteiger partial charge < -0.3 is 18.8 Å². The molecule has 1 aliphatic heterocycles. The summed E-state index contributed by atoms with van der Waals surface area (Å²) in [6, 6.07) is 11.2. The zero-order valence-corrected chi connectivity index (χ0v) is 18.0. The molecule has 166 valence electrons. The van der Waals surface area contributed by atoms with E-state index < -0.39 is 29.0 Å². The van der Waals surface area contributed by atoms with Crippen molar-refractivity contribution in [2.45, 2.75) is 32.6 Å². The number of hydrogen-bond acceptors (Lipinski definition) is 8. The highest BCUT2D eigenvalue weighted by Gasteiger charge is 2.34. The predicted octanol–water partition coefficient (Wildman–Crippen LogP) is 2.83. The molecule has 0 saturated carbocycles. The number of carbonyl (C=O) groups excluding carboxylic acids is 2. The van der Waals surface area contributed by atoms with Gasteiger partial charge >= 0.3 is 5.97 Å². The lowest BCUT2D eigenvalue weighted by molar-refractivity contribution is -0.384. The monoisotopic (exact) mass is 457 g/mol. The molecule has 3 aromatic rings. The van der Waals surface area contributed by atoms with E-state index in [-0.39, 0.29) is 23.6 Å². The largest absolute Gasteiger partial charge is 0.482 e. The van der Waals surface area contributed by atoms with Crippen LogP contribution in [0.5, 0.6) is 11.5 Å². The summed E-state index contributed by atoms with van der Waals surface area (Å²) in [6.07, 6.45) is -1.57. The second-order valence-electron chi connectivity index (χ2n) is 6.94. The van der Waals surface area contributed by atoms with Gasteiger partial charge in [-0.3, -0.25) is 19.7 Å². The van der Waals surface area contributed by atoms with Crippen molar-refractivity contribution < 1.29 is 28.7 Å². The Hall–Kier alpha value is -3.73. The van der Waals surface area contributed by atoms with Gasteiger partial charge in [-0.15, -0.1) is 0 Å². The van der Waals surface area contributed by atoms with Crippen LogP contribution in [0.15, 0.2) is 47.5 Å². The van der Waals surface area contributed by atoms with E-state index in [1.54, 1.807) is 38.1 Å². The van der Waals surface area contributed by atoms with Crippen LogP contribution in [0.25, 0.3) is 10.2 Å². The van der Waals surface area contributed by atoms with Crippen molar-refractivity contribution in [2.24, 2.45) is 4.99 Å². The van der Waals surface area contributed by atoms with E-state index in [1.807, 2.05) is 0 Å². The van der Waals surface area contributed by atoms with E-state index in [9.17, 15) is 19.7 Å². The summed E-state index contributed by atoms with van der Waals surface area (Å²) >= 11 is 1.06. The third kappa shape index (κ3) is 4.19. The molecular weight excluding hydrogens is 438 g/mol. The fourth-order valence-electron chi connectivity index (χ4n) is 3.30. The van der Waals surface area contributed by atoms with Crippen molar-refractivity contribution in [1.29, 1.82) is 0 Å². The molecule has 0 aliphatic carbocycles. The van der Waals surface area contributed by atoms with Crippen LogP contribution in [-0.4, -0.2) is 40.2 Å². The molecule has 2 unspecified atom stereocenters. The SMILES string of the molecule is CCOC(=O)Cn1c(=NC(=O)C2Oc3ccccc3OC2C)sc2cc([N+](=O)[O-])ccc21. The lowest BCUT2D eigenvalue weighted by atomic mass is 10.1. The van der Waals surface area contributed by atoms with Gasteiger partial charge in [-0.1, -0.05) is 23.5 Å². The fourth-order valence-corrected chi connectivity index (χ4v) is 4.37. The molecule has 2 atom stereocenters. The van der Waals surface area contributed by atoms with Gasteiger partial charge in [0.2, 0.25) is 6.10 Å². The quantitative estimate of drug-likeness (QED) is 0.328. The molecule has 32 heavy (non-hydrogen) atoms. The van der Waals surface area contributed by atoms with Crippen LogP contribution >= 0.6 is 11.3 Å². The molecule has 1 aromatic heterocycles. The number of para-hydroxylation sites is 2. The predicted molar refractivity (Wildman–Crippen MR) is 115 cm³/mol. The topological polar surface area (TPSA) is 122 Å². The van der Waals surface area contributed by atoms with Gasteiger partial charge in [-0.25, -0.2) is 0 Å². The maximum absolute atomic E-state index is 13.0. The molecule has 0 saturated heterocycles. The third-order valence-corrected chi connectivity index (χ3v) is 5.80. The number of nitrogens with zero attached hydrogens (tertiary/aromatic N) is 3. The van der Waals surface area contributed by atoms with Gasteiger partial charge in [0.1, 0.15) is 12.6 Å². The van der Waals surface area contributed by atoms with Crippen molar-refractivity contribution in [3.63, 3.8) is 0 Å². The minimum atomic E-state index is -0.986. The number of aromatic nitrogens is 1. The van der Waals surface area contributed by atoms with Crippen LogP contribution in [0.2, 0.25) is 0 Å². The second kappa shape index (κ2) is 8.79. The number of ether oxygens (including phenoxy) is 3. The number of non-ortho nitro benzene ring substituents is 1. The molecule has 0 N–H and O–H groups in total. The fraction of sp³-hybridized carbons (Fsp3) is 0.286. The van der Waals surface area contributed by atoms with Crippen LogP contribution in [0, 0.1) is 10.1 Å². The van der Waals surface area contributed by atoms with E-state index in [2.05, 4.69) is 4.99 Å². The lowest BCUT2D eigenvalue weighted by Crippen LogP contribution is -2.43. The van der Waals surface area contributed by atoms with E-state index in [4.69, 9.17) is 14.2 Å². The van der Waals surface area contributed by atoms with Crippen molar-refractivity contribution in [2.75, 3.05) is 6.61 Å². The Labute approximate surface area is 185 Å². The van der Waals surface area contributed by atoms with E-state index in [0.29, 0.717) is 21.7 Å². The van der Waals surface area contributed by atoms with Gasteiger partial charge in [0.15, 0.2) is 16.3 Å². The van der Waals surface area contributed by atoms with Crippen molar-refractivity contribution in [3.05, 3.63) is 57.4 Å². The number of nitro groups is 1. The first kappa shape index (κ1) is 21.5. The molecule has 10 nitrogen and oxygen atoms in total. The Kier molecular flexibility index (Phi) is 5.91. The number of amides is 1. The third-order valence-electron chi connectivity index (χ3n) is 4.76. The summed E-state index contributed by atoms with van der Waals surface area (Å²) in [4.78, 5) is 40.2. The highest BCUT2D eigenvalue weighted by molar-refractivity contribution is 7.16. The maximum atomic E-state index is 13.0. The molecule has 1 amide bonds. The summed E-state index contributed by atoms with van der Waals surface area (Å²) in [5, 5.41) is 11.1. The highest BCUT2D eigenvalue weighted by atomic mass is 32.1. The Morgan fingerprint density at radius 2 is 1.94 bits per heavy atom. The number of esters is 1. The van der Waals surface area contributed by atoms with Gasteiger partial charge in [-0.05, 0) is 32.0 Å². The second-order valence-corrected chi connectivity index (χ2v) is 7.95. The Balaban J connectivity index is 1.75. The first-order valence-electron chi connectivity index (χ1n) is 9.81. The van der Waals surface area contributed by atoms with Gasteiger partial charge in [0, 0.05) is 12.1 Å². The summed E-state index contributed by atoms with van der Waals surface area (Å²) in [5.41, 5.74) is 0.425. The van der Waals surface area contributed by atoms with E-state index >= 15 is 0 Å². The van der Waals surface area contributed by atoms with Crippen LogP contribution in [0.1, 0.15) is 13.8 Å². The first-order chi connectivity index (χ1) is 15.4. The van der Waals surface area contributed by atoms with Crippen LogP contribution in [-0.2, 0) is 20.9 Å². The summed E-state index contributed by atoms with van der Waals surface area (Å²) in [5.74, 6) is -0.134. The Morgan fingerprint density at radius 1 is 1.22 bits per heavy atom. The number of thiazole rings is 1. The van der Waals surface area contributed by atoms with Crippen LogP contribution in [0.4, 0.5) is 5.69 Å². The number of benzene rings is 2. The lowest BCUT2D eigenvalue weighted by Gasteiger charge is -2.29. The molecule has 0 bridgehead atoms. The molecular formula is C21H19N3O7S. The molecule has 11 heteroatoms. The zero-order valence-electron chi connectivity index (χ0n) is 17.2. The van der Waals surface area contributed by atoms with Gasteiger partial charge in [0.05, 0.1) is 21.7 Å². The van der Waals surface area contributed by atoms with Crippen molar-refractivity contribution in [3.8, 4) is 11.5 Å². The number of hydrogen-bond donors (Lipinski definition) is 0. The summed E-state index contributed by atoms with van der Waals surface area (Å²) < 4.78 is 18.6. The molecule has 0 radical (unpaired) electrons. The molecule has 2 heterocycles. The van der Waals surface area contributed by atoms with Crippen LogP contribution < -0.4 is 14.3 Å². The molecule has 1 aliphatic rings. The van der Waals surface area contributed by atoms with Crippen molar-refractivity contribution >= 4 is 39.1 Å². The highest BCUT2D eigenvalue weighted by Crippen LogP contribution is 2.33. The smallest absolute Gasteiger partial charge is 0.326 e. The maximum Gasteiger partial charge on any atom is 0.326 e. The molecule has 4 rings (SSSR count). The van der Waals surface area contributed by atoms with Crippen molar-refractivity contribution in [1.82, 2.24) is 4.57 Å². The van der Waals surface area contributed by atoms with Gasteiger partial charge in [-0.2, -0.15) is 4.99 Å². The van der Waals surface area contributed by atoms with E-state index in [0.717, 1.165) is 11.3 Å². The molecule has 0 fully saturated rings. The Bertz CT molecular complexity index is 1280. The van der Waals surface area contributed by atoms with Gasteiger partial charge in [0.25, 0.3) is 11.6 Å².